The molecule has 2 aromatic carbocycles. The molecule has 0 aliphatic carbocycles. The standard InChI is InChI=1S/C14H11ClF3NO/c15-11-3-6-13(19)9(7-11)8-20-12-4-1-10(2-5-12)14(16,17)18/h1-7H,8,19H2. The lowest BCUT2D eigenvalue weighted by atomic mass is 10.2. The number of hydrogen-bond donors (Lipinski definition) is 1. The van der Waals surface area contributed by atoms with Crippen molar-refractivity contribution >= 4 is 17.3 Å². The van der Waals surface area contributed by atoms with Crippen molar-refractivity contribution in [1.82, 2.24) is 0 Å². The lowest BCUT2D eigenvalue weighted by molar-refractivity contribution is -0.137. The first-order valence-corrected chi connectivity index (χ1v) is 6.08. The second-order valence-electron chi connectivity index (χ2n) is 4.15. The fourth-order valence-electron chi connectivity index (χ4n) is 1.60. The Kier molecular flexibility index (Phi) is 4.09. The van der Waals surface area contributed by atoms with Crippen LogP contribution in [0.1, 0.15) is 11.1 Å². The maximum atomic E-state index is 12.4. The SMILES string of the molecule is Nc1ccc(Cl)cc1COc1ccc(C(F)(F)F)cc1. The lowest BCUT2D eigenvalue weighted by Crippen LogP contribution is -2.04. The zero-order valence-electron chi connectivity index (χ0n) is 10.2. The molecule has 0 aliphatic rings. The Morgan fingerprint density at radius 1 is 1.05 bits per heavy atom. The van der Waals surface area contributed by atoms with Crippen molar-refractivity contribution in [1.29, 1.82) is 0 Å². The van der Waals surface area contributed by atoms with Gasteiger partial charge in [0.05, 0.1) is 5.56 Å². The molecule has 2 N–H and O–H groups in total. The number of rotatable bonds is 3. The molecule has 2 nitrogen and oxygen atoms in total. The second-order valence-corrected chi connectivity index (χ2v) is 4.59. The van der Waals surface area contributed by atoms with Crippen molar-refractivity contribution in [2.24, 2.45) is 0 Å². The topological polar surface area (TPSA) is 35.2 Å². The zero-order valence-corrected chi connectivity index (χ0v) is 11.0. The molecule has 0 aliphatic heterocycles. The van der Waals surface area contributed by atoms with Crippen LogP contribution in [-0.4, -0.2) is 0 Å². The number of hydrogen-bond acceptors (Lipinski definition) is 2. The van der Waals surface area contributed by atoms with Crippen LogP contribution < -0.4 is 10.5 Å². The van der Waals surface area contributed by atoms with Crippen molar-refractivity contribution in [2.45, 2.75) is 12.8 Å². The number of halogens is 4. The number of anilines is 1. The van der Waals surface area contributed by atoms with Crippen LogP contribution >= 0.6 is 11.6 Å². The molecule has 2 aromatic rings. The molecule has 106 valence electrons. The van der Waals surface area contributed by atoms with Gasteiger partial charge in [-0.2, -0.15) is 13.2 Å². The van der Waals surface area contributed by atoms with Gasteiger partial charge in [0.15, 0.2) is 0 Å². The largest absolute Gasteiger partial charge is 0.489 e. The predicted octanol–water partition coefficient (Wildman–Crippen LogP) is 4.52. The third-order valence-corrected chi connectivity index (χ3v) is 2.92. The van der Waals surface area contributed by atoms with Crippen LogP contribution in [0.15, 0.2) is 42.5 Å². The van der Waals surface area contributed by atoms with Crippen LogP contribution in [0.5, 0.6) is 5.75 Å². The van der Waals surface area contributed by atoms with Crippen molar-refractivity contribution in [3.63, 3.8) is 0 Å². The van der Waals surface area contributed by atoms with Crippen LogP contribution in [-0.2, 0) is 12.8 Å². The van der Waals surface area contributed by atoms with Crippen LogP contribution in [0, 0.1) is 0 Å². The van der Waals surface area contributed by atoms with Crippen molar-refractivity contribution in [2.75, 3.05) is 5.73 Å². The first-order chi connectivity index (χ1) is 9.36. The maximum absolute atomic E-state index is 12.4. The Morgan fingerprint density at radius 2 is 1.70 bits per heavy atom. The van der Waals surface area contributed by atoms with E-state index in [4.69, 9.17) is 22.1 Å². The summed E-state index contributed by atoms with van der Waals surface area (Å²) in [5, 5.41) is 0.519. The zero-order chi connectivity index (χ0) is 14.8. The normalized spacial score (nSPS) is 11.4. The molecule has 0 spiro atoms. The Bertz CT molecular complexity index is 596. The summed E-state index contributed by atoms with van der Waals surface area (Å²) >= 11 is 5.83. The van der Waals surface area contributed by atoms with E-state index in [0.717, 1.165) is 12.1 Å². The van der Waals surface area contributed by atoms with Gasteiger partial charge in [0.1, 0.15) is 12.4 Å². The van der Waals surface area contributed by atoms with E-state index in [1.807, 2.05) is 0 Å². The molecule has 0 heterocycles. The third-order valence-electron chi connectivity index (χ3n) is 2.68. The van der Waals surface area contributed by atoms with Gasteiger partial charge in [0.2, 0.25) is 0 Å². The smallest absolute Gasteiger partial charge is 0.416 e. The Balaban J connectivity index is 2.06. The van der Waals surface area contributed by atoms with E-state index in [0.29, 0.717) is 22.0 Å². The molecule has 0 unspecified atom stereocenters. The fourth-order valence-corrected chi connectivity index (χ4v) is 1.80. The second kappa shape index (κ2) is 5.63. The summed E-state index contributed by atoms with van der Waals surface area (Å²) in [5.41, 5.74) is 6.23. The van der Waals surface area contributed by atoms with Gasteiger partial charge in [-0.1, -0.05) is 11.6 Å². The van der Waals surface area contributed by atoms with Crippen LogP contribution in [0.4, 0.5) is 18.9 Å². The molecule has 0 saturated heterocycles. The van der Waals surface area contributed by atoms with Crippen LogP contribution in [0.3, 0.4) is 0 Å². The maximum Gasteiger partial charge on any atom is 0.416 e. The Morgan fingerprint density at radius 3 is 2.30 bits per heavy atom. The van der Waals surface area contributed by atoms with Gasteiger partial charge in [-0.05, 0) is 42.5 Å². The van der Waals surface area contributed by atoms with E-state index in [-0.39, 0.29) is 6.61 Å². The summed E-state index contributed by atoms with van der Waals surface area (Å²) in [5.74, 6) is 0.331. The molecule has 0 radical (unpaired) electrons. The van der Waals surface area contributed by atoms with Gasteiger partial charge in [0.25, 0.3) is 0 Å². The highest BCUT2D eigenvalue weighted by atomic mass is 35.5. The molecule has 0 fully saturated rings. The van der Waals surface area contributed by atoms with E-state index in [2.05, 4.69) is 0 Å². The number of ether oxygens (including phenoxy) is 1. The van der Waals surface area contributed by atoms with Crippen LogP contribution in [0.2, 0.25) is 5.02 Å². The fraction of sp³-hybridized carbons (Fsp3) is 0.143. The average Bonchev–Trinajstić information content (AvgIpc) is 2.39. The minimum atomic E-state index is -4.35. The molecular weight excluding hydrogens is 291 g/mol. The number of benzene rings is 2. The summed E-state index contributed by atoms with van der Waals surface area (Å²) in [6.45, 7) is 0.137. The molecule has 0 amide bonds. The molecule has 0 bridgehead atoms. The highest BCUT2D eigenvalue weighted by Gasteiger charge is 2.29. The molecular formula is C14H11ClF3NO. The quantitative estimate of drug-likeness (QED) is 0.846. The van der Waals surface area contributed by atoms with Crippen LogP contribution in [0.25, 0.3) is 0 Å². The summed E-state index contributed by atoms with van der Waals surface area (Å²) < 4.78 is 42.6. The Labute approximate surface area is 118 Å². The van der Waals surface area contributed by atoms with Gasteiger partial charge < -0.3 is 10.5 Å². The summed E-state index contributed by atoms with van der Waals surface area (Å²) in [7, 11) is 0. The number of alkyl halides is 3. The average molecular weight is 302 g/mol. The lowest BCUT2D eigenvalue weighted by Gasteiger charge is -2.10. The van der Waals surface area contributed by atoms with Crippen molar-refractivity contribution in [3.8, 4) is 5.75 Å². The summed E-state index contributed by atoms with van der Waals surface area (Å²) in [4.78, 5) is 0. The van der Waals surface area contributed by atoms with Crippen molar-refractivity contribution in [3.05, 3.63) is 58.6 Å². The molecule has 0 aromatic heterocycles. The molecule has 20 heavy (non-hydrogen) atoms. The first-order valence-electron chi connectivity index (χ1n) is 5.70. The summed E-state index contributed by atoms with van der Waals surface area (Å²) in [6, 6.07) is 9.42. The molecule has 6 heteroatoms. The predicted molar refractivity (Wildman–Crippen MR) is 71.6 cm³/mol. The van der Waals surface area contributed by atoms with Gasteiger partial charge in [-0.25, -0.2) is 0 Å². The molecule has 0 atom stereocenters. The van der Waals surface area contributed by atoms with E-state index < -0.39 is 11.7 Å². The first kappa shape index (κ1) is 14.5. The van der Waals surface area contributed by atoms with Crippen molar-refractivity contribution < 1.29 is 17.9 Å². The monoisotopic (exact) mass is 301 g/mol. The number of nitrogens with two attached hydrogens (primary N) is 1. The van der Waals surface area contributed by atoms with E-state index in [1.54, 1.807) is 18.2 Å². The number of nitrogen functional groups attached to an aromatic ring is 1. The van der Waals surface area contributed by atoms with Gasteiger partial charge in [-0.3, -0.25) is 0 Å². The summed E-state index contributed by atoms with van der Waals surface area (Å²) in [6.07, 6.45) is -4.35. The Hall–Kier alpha value is -1.88. The highest BCUT2D eigenvalue weighted by molar-refractivity contribution is 6.30. The van der Waals surface area contributed by atoms with Gasteiger partial charge >= 0.3 is 6.18 Å². The molecule has 0 saturated carbocycles. The minimum absolute atomic E-state index is 0.137. The molecule has 2 rings (SSSR count). The van der Waals surface area contributed by atoms with E-state index >= 15 is 0 Å². The van der Waals surface area contributed by atoms with Gasteiger partial charge in [-0.15, -0.1) is 0 Å². The third kappa shape index (κ3) is 3.57. The van der Waals surface area contributed by atoms with Gasteiger partial charge in [0, 0.05) is 16.3 Å². The van der Waals surface area contributed by atoms with E-state index in [1.165, 1.54) is 12.1 Å². The highest BCUT2D eigenvalue weighted by Crippen LogP contribution is 2.30. The van der Waals surface area contributed by atoms with E-state index in [9.17, 15) is 13.2 Å². The minimum Gasteiger partial charge on any atom is -0.489 e.